The van der Waals surface area contributed by atoms with Gasteiger partial charge in [0.25, 0.3) is 0 Å². The number of ether oxygens (including phenoxy) is 1. The van der Waals surface area contributed by atoms with E-state index in [1.165, 1.54) is 32.2 Å². The van der Waals surface area contributed by atoms with Gasteiger partial charge in [-0.2, -0.15) is 0 Å². The van der Waals surface area contributed by atoms with Gasteiger partial charge in [0.2, 0.25) is 6.41 Å². The van der Waals surface area contributed by atoms with Crippen LogP contribution in [0.2, 0.25) is 0 Å². The first-order chi connectivity index (χ1) is 8.88. The summed E-state index contributed by atoms with van der Waals surface area (Å²) >= 11 is 0. The van der Waals surface area contributed by atoms with Crippen molar-refractivity contribution in [3.05, 3.63) is 0 Å². The fourth-order valence-electron chi connectivity index (χ4n) is 3.06. The molecule has 2 fully saturated rings. The van der Waals surface area contributed by atoms with Gasteiger partial charge < -0.3 is 15.0 Å². The van der Waals surface area contributed by atoms with E-state index >= 15 is 0 Å². The Hall–Kier alpha value is -0.610. The Labute approximate surface area is 110 Å². The summed E-state index contributed by atoms with van der Waals surface area (Å²) < 4.78 is 5.38. The van der Waals surface area contributed by atoms with Crippen LogP contribution < -0.4 is 5.32 Å². The number of carbonyl (C=O) groups excluding carboxylic acids is 1. The van der Waals surface area contributed by atoms with Crippen LogP contribution in [-0.2, 0) is 9.53 Å². The smallest absolute Gasteiger partial charge is 0.207 e. The molecule has 2 aliphatic heterocycles. The standard InChI is InChI=1S/C14H26N2O2/c17-12-15-14-3-8-16(9-4-14)7-1-2-13-5-10-18-11-6-13/h12-14H,1-11H2,(H,15,17). The summed E-state index contributed by atoms with van der Waals surface area (Å²) in [5.41, 5.74) is 0. The number of nitrogens with zero attached hydrogens (tertiary/aromatic N) is 1. The molecule has 0 atom stereocenters. The summed E-state index contributed by atoms with van der Waals surface area (Å²) in [5.74, 6) is 0.896. The highest BCUT2D eigenvalue weighted by Gasteiger charge is 2.19. The molecule has 2 rings (SSSR count). The van der Waals surface area contributed by atoms with Gasteiger partial charge in [0.15, 0.2) is 0 Å². The predicted molar refractivity (Wildman–Crippen MR) is 71.4 cm³/mol. The monoisotopic (exact) mass is 254 g/mol. The molecule has 0 spiro atoms. The van der Waals surface area contributed by atoms with Crippen molar-refractivity contribution in [3.8, 4) is 0 Å². The summed E-state index contributed by atoms with van der Waals surface area (Å²) in [6.07, 6.45) is 8.24. The maximum absolute atomic E-state index is 10.4. The minimum Gasteiger partial charge on any atom is -0.381 e. The lowest BCUT2D eigenvalue weighted by molar-refractivity contribution is -0.110. The molecule has 2 aliphatic rings. The zero-order chi connectivity index (χ0) is 12.6. The van der Waals surface area contributed by atoms with E-state index in [0.29, 0.717) is 6.04 Å². The van der Waals surface area contributed by atoms with Gasteiger partial charge >= 0.3 is 0 Å². The summed E-state index contributed by atoms with van der Waals surface area (Å²) in [7, 11) is 0. The van der Waals surface area contributed by atoms with Crippen LogP contribution in [0.4, 0.5) is 0 Å². The molecule has 1 N–H and O–H groups in total. The van der Waals surface area contributed by atoms with Gasteiger partial charge in [-0.3, -0.25) is 4.79 Å². The van der Waals surface area contributed by atoms with E-state index in [0.717, 1.165) is 51.5 Å². The summed E-state index contributed by atoms with van der Waals surface area (Å²) in [5, 5.41) is 2.89. The number of piperidine rings is 1. The number of rotatable bonds is 6. The van der Waals surface area contributed by atoms with Gasteiger partial charge in [0.05, 0.1) is 0 Å². The third kappa shape index (κ3) is 4.58. The van der Waals surface area contributed by atoms with Crippen LogP contribution in [0.25, 0.3) is 0 Å². The topological polar surface area (TPSA) is 41.6 Å². The molecule has 0 bridgehead atoms. The third-order valence-electron chi connectivity index (χ3n) is 4.32. The number of likely N-dealkylation sites (tertiary alicyclic amines) is 1. The van der Waals surface area contributed by atoms with Crippen LogP contribution in [0.3, 0.4) is 0 Å². The van der Waals surface area contributed by atoms with Gasteiger partial charge in [-0.15, -0.1) is 0 Å². The lowest BCUT2D eigenvalue weighted by Gasteiger charge is -2.32. The molecule has 0 aromatic carbocycles. The second-order valence-corrected chi connectivity index (χ2v) is 5.60. The van der Waals surface area contributed by atoms with Gasteiger partial charge in [-0.25, -0.2) is 0 Å². The van der Waals surface area contributed by atoms with E-state index < -0.39 is 0 Å². The Balaban J connectivity index is 1.53. The lowest BCUT2D eigenvalue weighted by Crippen LogP contribution is -2.42. The van der Waals surface area contributed by atoms with Crippen LogP contribution in [0.1, 0.15) is 38.5 Å². The summed E-state index contributed by atoms with van der Waals surface area (Å²) in [4.78, 5) is 12.9. The Morgan fingerprint density at radius 2 is 1.89 bits per heavy atom. The molecular formula is C14H26N2O2. The Morgan fingerprint density at radius 3 is 2.56 bits per heavy atom. The molecule has 0 unspecified atom stereocenters. The van der Waals surface area contributed by atoms with E-state index in [9.17, 15) is 4.79 Å². The molecule has 0 aromatic heterocycles. The quantitative estimate of drug-likeness (QED) is 0.729. The number of hydrogen-bond donors (Lipinski definition) is 1. The summed E-state index contributed by atoms with van der Waals surface area (Å²) in [6, 6.07) is 0.411. The highest BCUT2D eigenvalue weighted by molar-refractivity contribution is 5.46. The van der Waals surface area contributed by atoms with Crippen molar-refractivity contribution in [1.82, 2.24) is 10.2 Å². The van der Waals surface area contributed by atoms with Crippen LogP contribution in [0.5, 0.6) is 0 Å². The van der Waals surface area contributed by atoms with Crippen molar-refractivity contribution in [1.29, 1.82) is 0 Å². The molecule has 0 radical (unpaired) electrons. The first-order valence-corrected chi connectivity index (χ1v) is 7.38. The molecule has 0 aromatic rings. The van der Waals surface area contributed by atoms with Crippen LogP contribution in [0.15, 0.2) is 0 Å². The Kier molecular flexibility index (Phi) is 5.94. The molecule has 0 saturated carbocycles. The number of hydrogen-bond acceptors (Lipinski definition) is 3. The Bertz CT molecular complexity index is 234. The first-order valence-electron chi connectivity index (χ1n) is 7.38. The maximum atomic E-state index is 10.4. The fourth-order valence-corrected chi connectivity index (χ4v) is 3.06. The second kappa shape index (κ2) is 7.74. The van der Waals surface area contributed by atoms with Crippen molar-refractivity contribution < 1.29 is 9.53 Å². The summed E-state index contributed by atoms with van der Waals surface area (Å²) in [6.45, 7) is 5.44. The molecule has 4 heteroatoms. The predicted octanol–water partition coefficient (Wildman–Crippen LogP) is 1.40. The highest BCUT2D eigenvalue weighted by Crippen LogP contribution is 2.20. The SMILES string of the molecule is O=CNC1CCN(CCCC2CCOCC2)CC1. The van der Waals surface area contributed by atoms with Crippen LogP contribution in [-0.4, -0.2) is 50.2 Å². The van der Waals surface area contributed by atoms with E-state index in [1.54, 1.807) is 0 Å². The largest absolute Gasteiger partial charge is 0.381 e. The Morgan fingerprint density at radius 1 is 1.17 bits per heavy atom. The molecule has 1 amide bonds. The second-order valence-electron chi connectivity index (χ2n) is 5.60. The maximum Gasteiger partial charge on any atom is 0.207 e. The molecular weight excluding hydrogens is 228 g/mol. The van der Waals surface area contributed by atoms with Gasteiger partial charge in [0.1, 0.15) is 0 Å². The van der Waals surface area contributed by atoms with Crippen molar-refractivity contribution in [3.63, 3.8) is 0 Å². The van der Waals surface area contributed by atoms with Crippen molar-refractivity contribution in [2.75, 3.05) is 32.8 Å². The number of carbonyl (C=O) groups is 1. The van der Waals surface area contributed by atoms with E-state index in [4.69, 9.17) is 4.74 Å². The van der Waals surface area contributed by atoms with E-state index in [-0.39, 0.29) is 0 Å². The highest BCUT2D eigenvalue weighted by atomic mass is 16.5. The molecule has 2 saturated heterocycles. The average molecular weight is 254 g/mol. The lowest BCUT2D eigenvalue weighted by atomic mass is 9.94. The average Bonchev–Trinajstić information content (AvgIpc) is 2.42. The van der Waals surface area contributed by atoms with Gasteiger partial charge in [0, 0.05) is 32.3 Å². The first kappa shape index (κ1) is 13.8. The van der Waals surface area contributed by atoms with Gasteiger partial charge in [-0.05, 0) is 51.0 Å². The number of nitrogens with one attached hydrogen (secondary N) is 1. The number of amides is 1. The molecule has 4 nitrogen and oxygen atoms in total. The molecule has 104 valence electrons. The molecule has 18 heavy (non-hydrogen) atoms. The zero-order valence-electron chi connectivity index (χ0n) is 11.3. The van der Waals surface area contributed by atoms with Crippen molar-refractivity contribution >= 4 is 6.41 Å². The van der Waals surface area contributed by atoms with Crippen molar-refractivity contribution in [2.24, 2.45) is 5.92 Å². The third-order valence-corrected chi connectivity index (χ3v) is 4.32. The van der Waals surface area contributed by atoms with E-state index in [1.807, 2.05) is 0 Å². The fraction of sp³-hybridized carbons (Fsp3) is 0.929. The zero-order valence-corrected chi connectivity index (χ0v) is 11.3. The normalized spacial score (nSPS) is 24.0. The van der Waals surface area contributed by atoms with E-state index in [2.05, 4.69) is 10.2 Å². The van der Waals surface area contributed by atoms with Gasteiger partial charge in [-0.1, -0.05) is 0 Å². The minimum absolute atomic E-state index is 0.411. The van der Waals surface area contributed by atoms with Crippen LogP contribution >= 0.6 is 0 Å². The van der Waals surface area contributed by atoms with Crippen molar-refractivity contribution in [2.45, 2.75) is 44.6 Å². The molecule has 2 heterocycles. The minimum atomic E-state index is 0.411. The molecule has 0 aliphatic carbocycles. The van der Waals surface area contributed by atoms with Crippen LogP contribution in [0, 0.1) is 5.92 Å².